The van der Waals surface area contributed by atoms with Crippen molar-refractivity contribution in [2.24, 2.45) is 0 Å². The molecule has 106 valence electrons. The Bertz CT molecular complexity index is 546. The van der Waals surface area contributed by atoms with E-state index in [0.29, 0.717) is 6.04 Å². The van der Waals surface area contributed by atoms with Crippen LogP contribution >= 0.6 is 11.6 Å². The quantitative estimate of drug-likeness (QED) is 0.889. The van der Waals surface area contributed by atoms with Gasteiger partial charge >= 0.3 is 0 Å². The molecule has 1 aromatic carbocycles. The first-order valence-corrected chi connectivity index (χ1v) is 7.38. The molecule has 1 unspecified atom stereocenters. The summed E-state index contributed by atoms with van der Waals surface area (Å²) in [6.45, 7) is 3.05. The molecule has 1 aliphatic rings. The number of hydrogen-bond donors (Lipinski definition) is 1. The minimum atomic E-state index is 0.258. The molecule has 1 heterocycles. The van der Waals surface area contributed by atoms with Crippen molar-refractivity contribution in [2.45, 2.75) is 44.3 Å². The van der Waals surface area contributed by atoms with Gasteiger partial charge in [-0.2, -0.15) is 5.10 Å². The molecule has 1 saturated carbocycles. The highest BCUT2D eigenvalue weighted by Gasteiger charge is 2.43. The monoisotopic (exact) mass is 290 g/mol. The van der Waals surface area contributed by atoms with E-state index in [1.165, 1.54) is 18.4 Å². The Labute approximate surface area is 124 Å². The maximum atomic E-state index is 5.93. The second kappa shape index (κ2) is 5.54. The zero-order chi connectivity index (χ0) is 14.0. The van der Waals surface area contributed by atoms with Gasteiger partial charge in [0.25, 0.3) is 0 Å². The van der Waals surface area contributed by atoms with E-state index in [4.69, 9.17) is 11.6 Å². The molecule has 0 amide bonds. The summed E-state index contributed by atoms with van der Waals surface area (Å²) in [4.78, 5) is 3.97. The van der Waals surface area contributed by atoms with Crippen LogP contribution in [0.2, 0.25) is 5.02 Å². The van der Waals surface area contributed by atoms with E-state index in [0.717, 1.165) is 18.0 Å². The molecule has 20 heavy (non-hydrogen) atoms. The van der Waals surface area contributed by atoms with Gasteiger partial charge in [0.05, 0.1) is 6.54 Å². The van der Waals surface area contributed by atoms with Crippen molar-refractivity contribution >= 4 is 11.6 Å². The summed E-state index contributed by atoms with van der Waals surface area (Å²) in [5.41, 5.74) is 1.60. The van der Waals surface area contributed by atoms with E-state index in [1.807, 2.05) is 16.8 Å². The zero-order valence-corrected chi connectivity index (χ0v) is 12.3. The van der Waals surface area contributed by atoms with Gasteiger partial charge in [-0.05, 0) is 43.9 Å². The Balaban J connectivity index is 1.57. The second-order valence-corrected chi connectivity index (χ2v) is 6.18. The number of hydrogen-bond acceptors (Lipinski definition) is 3. The van der Waals surface area contributed by atoms with Gasteiger partial charge in [-0.25, -0.2) is 4.98 Å². The fourth-order valence-electron chi connectivity index (χ4n) is 2.69. The van der Waals surface area contributed by atoms with Crippen LogP contribution in [0.5, 0.6) is 0 Å². The van der Waals surface area contributed by atoms with E-state index in [9.17, 15) is 0 Å². The highest BCUT2D eigenvalue weighted by molar-refractivity contribution is 6.30. The van der Waals surface area contributed by atoms with Gasteiger partial charge in [-0.1, -0.05) is 23.7 Å². The van der Waals surface area contributed by atoms with Crippen LogP contribution in [0, 0.1) is 0 Å². The van der Waals surface area contributed by atoms with Crippen molar-refractivity contribution in [2.75, 3.05) is 0 Å². The normalized spacial score (nSPS) is 17.9. The molecule has 1 N–H and O–H groups in total. The van der Waals surface area contributed by atoms with Gasteiger partial charge in [0.1, 0.15) is 12.7 Å². The number of rotatable bonds is 6. The molecule has 2 aromatic rings. The van der Waals surface area contributed by atoms with Crippen LogP contribution in [-0.4, -0.2) is 26.3 Å². The molecule has 4 nitrogen and oxygen atoms in total. The lowest BCUT2D eigenvalue weighted by molar-refractivity contribution is 0.378. The molecule has 3 rings (SSSR count). The van der Waals surface area contributed by atoms with Gasteiger partial charge in [-0.3, -0.25) is 4.68 Å². The number of halogens is 1. The SMILES string of the molecule is CC(Cn1cncn1)NC1(Cc2ccc(Cl)cc2)CC1. The molecule has 5 heteroatoms. The third-order valence-electron chi connectivity index (χ3n) is 3.79. The number of aromatic nitrogens is 3. The van der Waals surface area contributed by atoms with Gasteiger partial charge in [-0.15, -0.1) is 0 Å². The van der Waals surface area contributed by atoms with Crippen LogP contribution in [0.1, 0.15) is 25.3 Å². The summed E-state index contributed by atoms with van der Waals surface area (Å²) in [6, 6.07) is 8.54. The molecule has 0 aliphatic heterocycles. The van der Waals surface area contributed by atoms with Crippen molar-refractivity contribution in [3.05, 3.63) is 47.5 Å². The topological polar surface area (TPSA) is 42.7 Å². The zero-order valence-electron chi connectivity index (χ0n) is 11.6. The molecule has 0 saturated heterocycles. The highest BCUT2D eigenvalue weighted by Crippen LogP contribution is 2.39. The van der Waals surface area contributed by atoms with Crippen molar-refractivity contribution in [3.8, 4) is 0 Å². The minimum absolute atomic E-state index is 0.258. The van der Waals surface area contributed by atoms with E-state index in [-0.39, 0.29) is 5.54 Å². The third kappa shape index (κ3) is 3.38. The summed E-state index contributed by atoms with van der Waals surface area (Å²) in [5.74, 6) is 0. The largest absolute Gasteiger partial charge is 0.307 e. The molecule has 1 aromatic heterocycles. The van der Waals surface area contributed by atoms with Gasteiger partial charge in [0.15, 0.2) is 0 Å². The lowest BCUT2D eigenvalue weighted by Crippen LogP contribution is -2.42. The van der Waals surface area contributed by atoms with Crippen LogP contribution in [0.3, 0.4) is 0 Å². The van der Waals surface area contributed by atoms with E-state index >= 15 is 0 Å². The molecule has 1 aliphatic carbocycles. The van der Waals surface area contributed by atoms with Crippen LogP contribution in [-0.2, 0) is 13.0 Å². The lowest BCUT2D eigenvalue weighted by Gasteiger charge is -2.23. The maximum Gasteiger partial charge on any atom is 0.137 e. The Morgan fingerprint density at radius 3 is 2.70 bits per heavy atom. The maximum absolute atomic E-state index is 5.93. The molecule has 1 atom stereocenters. The summed E-state index contributed by atoms with van der Waals surface area (Å²) in [7, 11) is 0. The first-order chi connectivity index (χ1) is 9.65. The Kier molecular flexibility index (Phi) is 3.76. The number of benzene rings is 1. The second-order valence-electron chi connectivity index (χ2n) is 5.75. The molecule has 0 bridgehead atoms. The van der Waals surface area contributed by atoms with Crippen LogP contribution in [0.25, 0.3) is 0 Å². The predicted molar refractivity (Wildman–Crippen MR) is 79.7 cm³/mol. The predicted octanol–water partition coefficient (Wildman–Crippen LogP) is 2.68. The van der Waals surface area contributed by atoms with E-state index in [2.05, 4.69) is 34.5 Å². The Hall–Kier alpha value is -1.39. The van der Waals surface area contributed by atoms with Crippen LogP contribution in [0.4, 0.5) is 0 Å². The van der Waals surface area contributed by atoms with E-state index < -0.39 is 0 Å². The summed E-state index contributed by atoms with van der Waals surface area (Å²) in [5, 5.41) is 8.70. The molecular weight excluding hydrogens is 272 g/mol. The standard InChI is InChI=1S/C15H19ClN4/c1-12(9-20-11-17-10-18-20)19-15(6-7-15)8-13-2-4-14(16)5-3-13/h2-5,10-12,19H,6-9H2,1H3. The van der Waals surface area contributed by atoms with Crippen molar-refractivity contribution in [1.82, 2.24) is 20.1 Å². The first kappa shape index (κ1) is 13.6. The Morgan fingerprint density at radius 2 is 2.10 bits per heavy atom. The van der Waals surface area contributed by atoms with Crippen LogP contribution < -0.4 is 5.32 Å². The molecule has 0 radical (unpaired) electrons. The average Bonchev–Trinajstić information content (AvgIpc) is 2.96. The third-order valence-corrected chi connectivity index (χ3v) is 4.04. The minimum Gasteiger partial charge on any atom is -0.307 e. The Morgan fingerprint density at radius 1 is 1.35 bits per heavy atom. The van der Waals surface area contributed by atoms with Crippen molar-refractivity contribution in [1.29, 1.82) is 0 Å². The lowest BCUT2D eigenvalue weighted by atomic mass is 10.0. The van der Waals surface area contributed by atoms with Crippen molar-refractivity contribution < 1.29 is 0 Å². The average molecular weight is 291 g/mol. The number of nitrogens with one attached hydrogen (secondary N) is 1. The van der Waals surface area contributed by atoms with E-state index in [1.54, 1.807) is 12.7 Å². The fourth-order valence-corrected chi connectivity index (χ4v) is 2.82. The summed E-state index contributed by atoms with van der Waals surface area (Å²) < 4.78 is 1.87. The summed E-state index contributed by atoms with van der Waals surface area (Å²) in [6.07, 6.45) is 6.87. The van der Waals surface area contributed by atoms with Crippen molar-refractivity contribution in [3.63, 3.8) is 0 Å². The van der Waals surface area contributed by atoms with Gasteiger partial charge in [0.2, 0.25) is 0 Å². The summed E-state index contributed by atoms with van der Waals surface area (Å²) >= 11 is 5.93. The molecular formula is C15H19ClN4. The van der Waals surface area contributed by atoms with Crippen LogP contribution in [0.15, 0.2) is 36.9 Å². The number of nitrogens with zero attached hydrogens (tertiary/aromatic N) is 3. The van der Waals surface area contributed by atoms with Gasteiger partial charge in [0, 0.05) is 16.6 Å². The highest BCUT2D eigenvalue weighted by atomic mass is 35.5. The fraction of sp³-hybridized carbons (Fsp3) is 0.467. The molecule has 0 spiro atoms. The smallest absolute Gasteiger partial charge is 0.137 e. The first-order valence-electron chi connectivity index (χ1n) is 7.00. The molecule has 1 fully saturated rings. The van der Waals surface area contributed by atoms with Gasteiger partial charge < -0.3 is 5.32 Å².